The lowest BCUT2D eigenvalue weighted by Gasteiger charge is -2.05. The number of nitrogens with one attached hydrogen (secondary N) is 1. The van der Waals surface area contributed by atoms with Crippen molar-refractivity contribution in [3.8, 4) is 0 Å². The van der Waals surface area contributed by atoms with Crippen LogP contribution < -0.4 is 16.8 Å². The van der Waals surface area contributed by atoms with Gasteiger partial charge >= 0.3 is 0 Å². The second-order valence-corrected chi connectivity index (χ2v) is 2.34. The van der Waals surface area contributed by atoms with E-state index in [2.05, 4.69) is 5.32 Å². The minimum absolute atomic E-state index is 0.0334. The Labute approximate surface area is 70.6 Å². The normalized spacial score (nSPS) is 9.42. The van der Waals surface area contributed by atoms with Crippen molar-refractivity contribution in [2.75, 3.05) is 17.6 Å². The highest BCUT2D eigenvalue weighted by molar-refractivity contribution is 5.94. The van der Waals surface area contributed by atoms with Gasteiger partial charge in [-0.05, 0) is 12.1 Å². The minimum Gasteiger partial charge on any atom is -0.397 e. The average molecular weight is 165 g/mol. The van der Waals surface area contributed by atoms with Gasteiger partial charge in [-0.3, -0.25) is 4.79 Å². The summed E-state index contributed by atoms with van der Waals surface area (Å²) in [5.41, 5.74) is 11.8. The van der Waals surface area contributed by atoms with Crippen LogP contribution in [0.4, 0.5) is 11.4 Å². The first-order valence-electron chi connectivity index (χ1n) is 3.58. The van der Waals surface area contributed by atoms with E-state index in [1.54, 1.807) is 24.3 Å². The lowest BCUT2D eigenvalue weighted by atomic mass is 10.2. The number of hydrogen-bond acceptors (Lipinski definition) is 3. The van der Waals surface area contributed by atoms with Gasteiger partial charge in [0.15, 0.2) is 0 Å². The van der Waals surface area contributed by atoms with Gasteiger partial charge in [0.05, 0.1) is 17.9 Å². The molecule has 1 amide bonds. The van der Waals surface area contributed by atoms with E-state index in [4.69, 9.17) is 11.5 Å². The van der Waals surface area contributed by atoms with E-state index in [1.807, 2.05) is 0 Å². The molecule has 1 rings (SSSR count). The summed E-state index contributed by atoms with van der Waals surface area (Å²) in [5, 5.41) is 2.57. The molecule has 5 N–H and O–H groups in total. The van der Waals surface area contributed by atoms with Crippen LogP contribution in [0.25, 0.3) is 0 Å². The number of carbonyl (C=O) groups is 1. The van der Waals surface area contributed by atoms with Crippen LogP contribution in [0.2, 0.25) is 0 Å². The van der Waals surface area contributed by atoms with Crippen molar-refractivity contribution >= 4 is 17.3 Å². The summed E-state index contributed by atoms with van der Waals surface area (Å²) in [7, 11) is 0. The van der Waals surface area contributed by atoms with Crippen LogP contribution >= 0.6 is 0 Å². The second kappa shape index (κ2) is 3.73. The van der Waals surface area contributed by atoms with E-state index in [0.717, 1.165) is 0 Å². The summed E-state index contributed by atoms with van der Waals surface area (Å²) in [6.07, 6.45) is 0. The van der Waals surface area contributed by atoms with Gasteiger partial charge in [0.25, 0.3) is 0 Å². The Morgan fingerprint density at radius 3 is 2.67 bits per heavy atom. The summed E-state index contributed by atoms with van der Waals surface area (Å²) in [5.74, 6) is -0.243. The Hall–Kier alpha value is -1.55. The molecule has 4 heteroatoms. The standard InChI is InChI=1S/C8H11N3O/c9-5-8(12)11-7-4-2-1-3-6(7)10/h1-4H,5,9-10H2,(H,11,12). The van der Waals surface area contributed by atoms with Crippen LogP contribution in [0.1, 0.15) is 0 Å². The highest BCUT2D eigenvalue weighted by Crippen LogP contribution is 2.15. The lowest BCUT2D eigenvalue weighted by molar-refractivity contribution is -0.114. The van der Waals surface area contributed by atoms with E-state index in [-0.39, 0.29) is 12.5 Å². The molecule has 1 aromatic rings. The van der Waals surface area contributed by atoms with Gasteiger partial charge in [0.2, 0.25) is 5.91 Å². The third-order valence-electron chi connectivity index (χ3n) is 1.42. The highest BCUT2D eigenvalue weighted by Gasteiger charge is 2.00. The van der Waals surface area contributed by atoms with E-state index >= 15 is 0 Å². The number of hydrogen-bond donors (Lipinski definition) is 3. The van der Waals surface area contributed by atoms with E-state index < -0.39 is 0 Å². The molecular formula is C8H11N3O. The summed E-state index contributed by atoms with van der Waals surface area (Å²) in [4.78, 5) is 10.8. The maximum absolute atomic E-state index is 10.8. The van der Waals surface area contributed by atoms with Gasteiger partial charge in [-0.15, -0.1) is 0 Å². The number of amides is 1. The fraction of sp³-hybridized carbons (Fsp3) is 0.125. The van der Waals surface area contributed by atoms with Crippen molar-refractivity contribution in [3.63, 3.8) is 0 Å². The fourth-order valence-corrected chi connectivity index (χ4v) is 0.812. The molecule has 0 spiro atoms. The maximum atomic E-state index is 10.8. The van der Waals surface area contributed by atoms with Gasteiger partial charge in [-0.25, -0.2) is 0 Å². The largest absolute Gasteiger partial charge is 0.397 e. The van der Waals surface area contributed by atoms with Gasteiger partial charge in [-0.1, -0.05) is 12.1 Å². The van der Waals surface area contributed by atoms with Gasteiger partial charge in [-0.2, -0.15) is 0 Å². The van der Waals surface area contributed by atoms with E-state index in [9.17, 15) is 4.79 Å². The lowest BCUT2D eigenvalue weighted by Crippen LogP contribution is -2.22. The van der Waals surface area contributed by atoms with E-state index in [0.29, 0.717) is 11.4 Å². The summed E-state index contributed by atoms with van der Waals surface area (Å²) in [6, 6.07) is 7.03. The minimum atomic E-state index is -0.243. The SMILES string of the molecule is NCC(=O)Nc1ccccc1N. The van der Waals surface area contributed by atoms with Crippen LogP contribution in [-0.2, 0) is 4.79 Å². The number of para-hydroxylation sites is 2. The molecule has 64 valence electrons. The van der Waals surface area contributed by atoms with E-state index in [1.165, 1.54) is 0 Å². The van der Waals surface area contributed by atoms with Crippen molar-refractivity contribution in [2.24, 2.45) is 5.73 Å². The van der Waals surface area contributed by atoms with Crippen LogP contribution in [0, 0.1) is 0 Å². The van der Waals surface area contributed by atoms with Gasteiger partial charge < -0.3 is 16.8 Å². The van der Waals surface area contributed by atoms with Crippen molar-refractivity contribution in [3.05, 3.63) is 24.3 Å². The van der Waals surface area contributed by atoms with Crippen molar-refractivity contribution in [2.45, 2.75) is 0 Å². The first-order valence-corrected chi connectivity index (χ1v) is 3.58. The Morgan fingerprint density at radius 2 is 2.08 bits per heavy atom. The van der Waals surface area contributed by atoms with Crippen molar-refractivity contribution in [1.82, 2.24) is 0 Å². The van der Waals surface area contributed by atoms with Crippen LogP contribution in [-0.4, -0.2) is 12.5 Å². The first-order chi connectivity index (χ1) is 5.74. The molecule has 0 aliphatic carbocycles. The summed E-state index contributed by atoms with van der Waals surface area (Å²) < 4.78 is 0. The van der Waals surface area contributed by atoms with Gasteiger partial charge in [0, 0.05) is 0 Å². The van der Waals surface area contributed by atoms with Crippen molar-refractivity contribution in [1.29, 1.82) is 0 Å². The zero-order valence-corrected chi connectivity index (χ0v) is 6.58. The Kier molecular flexibility index (Phi) is 2.66. The summed E-state index contributed by atoms with van der Waals surface area (Å²) >= 11 is 0. The molecule has 0 fully saturated rings. The molecule has 0 aromatic heterocycles. The topological polar surface area (TPSA) is 81.1 Å². The Balaban J connectivity index is 2.75. The maximum Gasteiger partial charge on any atom is 0.238 e. The third-order valence-corrected chi connectivity index (χ3v) is 1.42. The predicted molar refractivity (Wildman–Crippen MR) is 48.5 cm³/mol. The molecule has 0 aliphatic rings. The number of nitrogen functional groups attached to an aromatic ring is 1. The molecule has 0 saturated carbocycles. The highest BCUT2D eigenvalue weighted by atomic mass is 16.1. The smallest absolute Gasteiger partial charge is 0.238 e. The first kappa shape index (κ1) is 8.55. The average Bonchev–Trinajstić information content (AvgIpc) is 2.09. The van der Waals surface area contributed by atoms with Crippen LogP contribution in [0.15, 0.2) is 24.3 Å². The molecule has 0 radical (unpaired) electrons. The van der Waals surface area contributed by atoms with Crippen LogP contribution in [0.3, 0.4) is 0 Å². The molecule has 0 heterocycles. The number of benzene rings is 1. The molecule has 4 nitrogen and oxygen atoms in total. The molecule has 1 aromatic carbocycles. The van der Waals surface area contributed by atoms with Crippen LogP contribution in [0.5, 0.6) is 0 Å². The quantitative estimate of drug-likeness (QED) is 0.546. The Bertz CT molecular complexity index is 285. The number of rotatable bonds is 2. The monoisotopic (exact) mass is 165 g/mol. The molecule has 0 atom stereocenters. The molecule has 0 bridgehead atoms. The number of nitrogens with two attached hydrogens (primary N) is 2. The molecular weight excluding hydrogens is 154 g/mol. The fourth-order valence-electron chi connectivity index (χ4n) is 0.812. The number of carbonyl (C=O) groups excluding carboxylic acids is 1. The van der Waals surface area contributed by atoms with Crippen molar-refractivity contribution < 1.29 is 4.79 Å². The molecule has 12 heavy (non-hydrogen) atoms. The molecule has 0 saturated heterocycles. The second-order valence-electron chi connectivity index (χ2n) is 2.34. The molecule has 0 unspecified atom stereocenters. The predicted octanol–water partition coefficient (Wildman–Crippen LogP) is 0.166. The zero-order chi connectivity index (χ0) is 8.97. The molecule has 0 aliphatic heterocycles. The number of anilines is 2. The zero-order valence-electron chi connectivity index (χ0n) is 6.58. The third kappa shape index (κ3) is 1.96. The Morgan fingerprint density at radius 1 is 1.42 bits per heavy atom. The summed E-state index contributed by atoms with van der Waals surface area (Å²) in [6.45, 7) is -0.0334. The van der Waals surface area contributed by atoms with Gasteiger partial charge in [0.1, 0.15) is 0 Å².